The number of rotatable bonds is 5. The number of hydrogen-bond donors (Lipinski definition) is 1. The zero-order chi connectivity index (χ0) is 17.5. The number of anilines is 1. The van der Waals surface area contributed by atoms with E-state index in [0.29, 0.717) is 26.9 Å². The molecule has 7 heteroatoms. The number of esters is 1. The number of carbonyl (C=O) groups excluding carboxylic acids is 2. The van der Waals surface area contributed by atoms with Crippen molar-refractivity contribution in [2.75, 3.05) is 11.9 Å². The van der Waals surface area contributed by atoms with Gasteiger partial charge in [-0.1, -0.05) is 41.4 Å². The molecular weight excluding hydrogens is 351 g/mol. The third kappa shape index (κ3) is 4.98. The predicted molar refractivity (Wildman–Crippen MR) is 90.9 cm³/mol. The SMILES string of the molecule is N#Cc1ccccc1NC(=O)COC(=O)Cc1ccc(Cl)cc1Cl. The lowest BCUT2D eigenvalue weighted by Gasteiger charge is -2.08. The van der Waals surface area contributed by atoms with Crippen LogP contribution in [0, 0.1) is 11.3 Å². The lowest BCUT2D eigenvalue weighted by molar-refractivity contribution is -0.146. The van der Waals surface area contributed by atoms with Gasteiger partial charge in [0.05, 0.1) is 17.7 Å². The Morgan fingerprint density at radius 1 is 1.17 bits per heavy atom. The van der Waals surface area contributed by atoms with E-state index in [1.807, 2.05) is 6.07 Å². The maximum atomic E-state index is 11.8. The fourth-order valence-corrected chi connectivity index (χ4v) is 2.37. The van der Waals surface area contributed by atoms with E-state index in [0.717, 1.165) is 0 Å². The monoisotopic (exact) mass is 362 g/mol. The molecule has 2 aromatic carbocycles. The highest BCUT2D eigenvalue weighted by atomic mass is 35.5. The van der Waals surface area contributed by atoms with E-state index < -0.39 is 18.5 Å². The molecule has 0 spiro atoms. The fraction of sp³-hybridized carbons (Fsp3) is 0.118. The maximum absolute atomic E-state index is 11.8. The average Bonchev–Trinajstić information content (AvgIpc) is 2.56. The van der Waals surface area contributed by atoms with Gasteiger partial charge < -0.3 is 10.1 Å². The van der Waals surface area contributed by atoms with Crippen molar-refractivity contribution in [3.8, 4) is 6.07 Å². The van der Waals surface area contributed by atoms with Crippen LogP contribution in [-0.2, 0) is 20.7 Å². The van der Waals surface area contributed by atoms with Crippen LogP contribution < -0.4 is 5.32 Å². The number of nitriles is 1. The largest absolute Gasteiger partial charge is 0.455 e. The van der Waals surface area contributed by atoms with E-state index in [-0.39, 0.29) is 6.42 Å². The van der Waals surface area contributed by atoms with Crippen LogP contribution >= 0.6 is 23.2 Å². The molecule has 0 radical (unpaired) electrons. The molecule has 0 saturated carbocycles. The van der Waals surface area contributed by atoms with Crippen molar-refractivity contribution < 1.29 is 14.3 Å². The number of para-hydroxylation sites is 1. The summed E-state index contributed by atoms with van der Waals surface area (Å²) in [4.78, 5) is 23.6. The Morgan fingerprint density at radius 3 is 2.62 bits per heavy atom. The molecule has 5 nitrogen and oxygen atoms in total. The van der Waals surface area contributed by atoms with Gasteiger partial charge >= 0.3 is 5.97 Å². The first kappa shape index (κ1) is 17.8. The highest BCUT2D eigenvalue weighted by Gasteiger charge is 2.12. The van der Waals surface area contributed by atoms with Gasteiger partial charge in [-0.25, -0.2) is 0 Å². The van der Waals surface area contributed by atoms with Gasteiger partial charge in [0.2, 0.25) is 0 Å². The molecule has 0 atom stereocenters. The molecule has 122 valence electrons. The number of amides is 1. The molecule has 2 rings (SSSR count). The second kappa shape index (κ2) is 8.34. The first-order valence-corrected chi connectivity index (χ1v) is 7.63. The Morgan fingerprint density at radius 2 is 1.92 bits per heavy atom. The Hall–Kier alpha value is -2.55. The molecule has 0 aliphatic heterocycles. The lowest BCUT2D eigenvalue weighted by atomic mass is 10.1. The Labute approximate surface area is 148 Å². The van der Waals surface area contributed by atoms with Crippen LogP contribution in [0.2, 0.25) is 10.0 Å². The third-order valence-corrected chi connectivity index (χ3v) is 3.62. The predicted octanol–water partition coefficient (Wildman–Crippen LogP) is 3.59. The summed E-state index contributed by atoms with van der Waals surface area (Å²) < 4.78 is 4.91. The Kier molecular flexibility index (Phi) is 6.19. The average molecular weight is 363 g/mol. The summed E-state index contributed by atoms with van der Waals surface area (Å²) >= 11 is 11.8. The number of nitrogens with zero attached hydrogens (tertiary/aromatic N) is 1. The van der Waals surface area contributed by atoms with E-state index >= 15 is 0 Å². The quantitative estimate of drug-likeness (QED) is 0.824. The van der Waals surface area contributed by atoms with Crippen molar-refractivity contribution >= 4 is 40.8 Å². The minimum Gasteiger partial charge on any atom is -0.455 e. The Bertz CT molecular complexity index is 816. The second-order valence-corrected chi connectivity index (χ2v) is 5.62. The third-order valence-electron chi connectivity index (χ3n) is 3.04. The molecule has 0 saturated heterocycles. The zero-order valence-electron chi connectivity index (χ0n) is 12.4. The molecule has 0 aromatic heterocycles. The van der Waals surface area contributed by atoms with Gasteiger partial charge in [0, 0.05) is 10.0 Å². The number of benzene rings is 2. The van der Waals surface area contributed by atoms with Gasteiger partial charge in [-0.15, -0.1) is 0 Å². The van der Waals surface area contributed by atoms with E-state index in [2.05, 4.69) is 5.32 Å². The Balaban J connectivity index is 1.87. The molecule has 0 unspecified atom stereocenters. The van der Waals surface area contributed by atoms with Crippen LogP contribution in [-0.4, -0.2) is 18.5 Å². The van der Waals surface area contributed by atoms with Gasteiger partial charge in [-0.3, -0.25) is 9.59 Å². The van der Waals surface area contributed by atoms with E-state index in [4.69, 9.17) is 33.2 Å². The van der Waals surface area contributed by atoms with Crippen LogP contribution in [0.1, 0.15) is 11.1 Å². The summed E-state index contributed by atoms with van der Waals surface area (Å²) in [5.74, 6) is -1.13. The van der Waals surface area contributed by atoms with E-state index in [1.54, 1.807) is 36.4 Å². The molecule has 1 N–H and O–H groups in total. The number of nitrogens with one attached hydrogen (secondary N) is 1. The maximum Gasteiger partial charge on any atom is 0.310 e. The van der Waals surface area contributed by atoms with Crippen LogP contribution in [0.15, 0.2) is 42.5 Å². The van der Waals surface area contributed by atoms with Crippen molar-refractivity contribution in [3.05, 3.63) is 63.6 Å². The molecule has 0 aliphatic carbocycles. The number of hydrogen-bond acceptors (Lipinski definition) is 4. The van der Waals surface area contributed by atoms with Gasteiger partial charge in [0.15, 0.2) is 6.61 Å². The second-order valence-electron chi connectivity index (χ2n) is 4.78. The first-order valence-electron chi connectivity index (χ1n) is 6.88. The summed E-state index contributed by atoms with van der Waals surface area (Å²) in [7, 11) is 0. The molecular formula is C17H12Cl2N2O3. The summed E-state index contributed by atoms with van der Waals surface area (Å²) in [5, 5.41) is 12.3. The van der Waals surface area contributed by atoms with E-state index in [9.17, 15) is 9.59 Å². The van der Waals surface area contributed by atoms with Gasteiger partial charge in [0.25, 0.3) is 5.91 Å². The zero-order valence-corrected chi connectivity index (χ0v) is 13.9. The van der Waals surface area contributed by atoms with Crippen molar-refractivity contribution in [2.24, 2.45) is 0 Å². The summed E-state index contributed by atoms with van der Waals surface area (Å²) in [5.41, 5.74) is 1.24. The van der Waals surface area contributed by atoms with Crippen molar-refractivity contribution in [3.63, 3.8) is 0 Å². The minimum atomic E-state index is -0.594. The van der Waals surface area contributed by atoms with Crippen molar-refractivity contribution in [1.29, 1.82) is 5.26 Å². The van der Waals surface area contributed by atoms with Crippen LogP contribution in [0.5, 0.6) is 0 Å². The smallest absolute Gasteiger partial charge is 0.310 e. The fourth-order valence-electron chi connectivity index (χ4n) is 1.89. The normalized spacial score (nSPS) is 9.88. The molecule has 0 bridgehead atoms. The number of halogens is 2. The lowest BCUT2D eigenvalue weighted by Crippen LogP contribution is -2.22. The highest BCUT2D eigenvalue weighted by Crippen LogP contribution is 2.21. The highest BCUT2D eigenvalue weighted by molar-refractivity contribution is 6.35. The van der Waals surface area contributed by atoms with Crippen molar-refractivity contribution in [1.82, 2.24) is 0 Å². The van der Waals surface area contributed by atoms with Gasteiger partial charge in [0.1, 0.15) is 6.07 Å². The molecule has 0 heterocycles. The topological polar surface area (TPSA) is 79.2 Å². The number of carbonyl (C=O) groups is 2. The molecule has 0 aliphatic rings. The summed E-state index contributed by atoms with van der Waals surface area (Å²) in [6.45, 7) is -0.455. The summed E-state index contributed by atoms with van der Waals surface area (Å²) in [6.07, 6.45) is -0.0714. The molecule has 2 aromatic rings. The first-order chi connectivity index (χ1) is 11.5. The van der Waals surface area contributed by atoms with Crippen LogP contribution in [0.4, 0.5) is 5.69 Å². The van der Waals surface area contributed by atoms with Gasteiger partial charge in [-0.2, -0.15) is 5.26 Å². The molecule has 24 heavy (non-hydrogen) atoms. The number of ether oxygens (including phenoxy) is 1. The standard InChI is InChI=1S/C17H12Cl2N2O3/c18-13-6-5-11(14(19)8-13)7-17(23)24-10-16(22)21-15-4-2-1-3-12(15)9-20/h1-6,8H,7,10H2,(H,21,22). The van der Waals surface area contributed by atoms with Crippen molar-refractivity contribution in [2.45, 2.75) is 6.42 Å². The van der Waals surface area contributed by atoms with Crippen LogP contribution in [0.25, 0.3) is 0 Å². The summed E-state index contributed by atoms with van der Waals surface area (Å²) in [6, 6.07) is 13.3. The van der Waals surface area contributed by atoms with E-state index in [1.165, 1.54) is 6.07 Å². The minimum absolute atomic E-state index is 0.0714. The molecule has 1 amide bonds. The van der Waals surface area contributed by atoms with Gasteiger partial charge in [-0.05, 0) is 29.8 Å². The van der Waals surface area contributed by atoms with Crippen LogP contribution in [0.3, 0.4) is 0 Å². The molecule has 0 fully saturated rings.